The van der Waals surface area contributed by atoms with Crippen LogP contribution in [0.1, 0.15) is 16.2 Å². The van der Waals surface area contributed by atoms with Crippen LogP contribution in [0.15, 0.2) is 46.2 Å². The minimum atomic E-state index is -3.52. The summed E-state index contributed by atoms with van der Waals surface area (Å²) in [4.78, 5) is 19.1. The van der Waals surface area contributed by atoms with Gasteiger partial charge in [-0.15, -0.1) is 11.3 Å². The third-order valence-electron chi connectivity index (χ3n) is 5.70. The van der Waals surface area contributed by atoms with E-state index in [0.29, 0.717) is 22.9 Å². The van der Waals surface area contributed by atoms with Crippen LogP contribution >= 0.6 is 11.3 Å². The van der Waals surface area contributed by atoms with Crippen molar-refractivity contribution in [3.05, 3.63) is 53.4 Å². The Bertz CT molecular complexity index is 1400. The monoisotopic (exact) mass is 471 g/mol. The highest BCUT2D eigenvalue weighted by Crippen LogP contribution is 2.24. The molecule has 166 valence electrons. The van der Waals surface area contributed by atoms with Crippen molar-refractivity contribution in [3.63, 3.8) is 0 Å². The number of carbonyl (C=O) groups is 1. The highest BCUT2D eigenvalue weighted by atomic mass is 32.2. The SMILES string of the molecule is Cc1c(-c2ccnc3cc(C(=O)N4CCN(S(=O)(=O)c5cccs5)CC4)nn23)cnn1C. The van der Waals surface area contributed by atoms with Crippen molar-refractivity contribution in [2.75, 3.05) is 26.2 Å². The van der Waals surface area contributed by atoms with Gasteiger partial charge in [-0.2, -0.15) is 14.5 Å². The van der Waals surface area contributed by atoms with Gasteiger partial charge in [0.25, 0.3) is 15.9 Å². The van der Waals surface area contributed by atoms with E-state index in [1.807, 2.05) is 20.0 Å². The van der Waals surface area contributed by atoms with Gasteiger partial charge in [0, 0.05) is 56.7 Å². The molecule has 10 nitrogen and oxygen atoms in total. The van der Waals surface area contributed by atoms with Crippen LogP contribution in [0.2, 0.25) is 0 Å². The number of hydrogen-bond acceptors (Lipinski definition) is 7. The highest BCUT2D eigenvalue weighted by Gasteiger charge is 2.31. The van der Waals surface area contributed by atoms with E-state index < -0.39 is 10.0 Å². The first-order valence-corrected chi connectivity index (χ1v) is 12.3. The molecule has 5 heterocycles. The van der Waals surface area contributed by atoms with Crippen molar-refractivity contribution >= 4 is 32.9 Å². The Morgan fingerprint density at radius 2 is 1.94 bits per heavy atom. The molecule has 1 aliphatic heterocycles. The van der Waals surface area contributed by atoms with E-state index in [9.17, 15) is 13.2 Å². The molecule has 0 atom stereocenters. The van der Waals surface area contributed by atoms with Crippen LogP contribution in [-0.4, -0.2) is 74.1 Å². The van der Waals surface area contributed by atoms with Gasteiger partial charge in [-0.25, -0.2) is 17.9 Å². The van der Waals surface area contributed by atoms with Crippen LogP contribution in [-0.2, 0) is 17.1 Å². The molecule has 5 rings (SSSR count). The lowest BCUT2D eigenvalue weighted by atomic mass is 10.2. The number of piperazine rings is 1. The maximum atomic E-state index is 13.1. The van der Waals surface area contributed by atoms with E-state index in [2.05, 4.69) is 15.2 Å². The first kappa shape index (κ1) is 20.8. The van der Waals surface area contributed by atoms with Crippen molar-refractivity contribution < 1.29 is 13.2 Å². The van der Waals surface area contributed by atoms with Gasteiger partial charge >= 0.3 is 0 Å². The Labute approximate surface area is 188 Å². The average molecular weight is 472 g/mol. The van der Waals surface area contributed by atoms with E-state index >= 15 is 0 Å². The molecule has 0 saturated carbocycles. The minimum absolute atomic E-state index is 0.238. The predicted octanol–water partition coefficient (Wildman–Crippen LogP) is 1.65. The fourth-order valence-electron chi connectivity index (χ4n) is 3.78. The summed E-state index contributed by atoms with van der Waals surface area (Å²) in [6, 6.07) is 6.82. The van der Waals surface area contributed by atoms with Gasteiger partial charge in [0.1, 0.15) is 4.21 Å². The van der Waals surface area contributed by atoms with Crippen molar-refractivity contribution in [1.29, 1.82) is 0 Å². The summed E-state index contributed by atoms with van der Waals surface area (Å²) in [7, 11) is -1.65. The van der Waals surface area contributed by atoms with Crippen LogP contribution in [0.5, 0.6) is 0 Å². The lowest BCUT2D eigenvalue weighted by Gasteiger charge is -2.33. The van der Waals surface area contributed by atoms with Gasteiger partial charge in [0.15, 0.2) is 11.3 Å². The summed E-state index contributed by atoms with van der Waals surface area (Å²) in [6.45, 7) is 3.07. The number of thiophene rings is 1. The zero-order valence-corrected chi connectivity index (χ0v) is 19.2. The molecule has 32 heavy (non-hydrogen) atoms. The maximum Gasteiger partial charge on any atom is 0.274 e. The molecule has 0 unspecified atom stereocenters. The number of aryl methyl sites for hydroxylation is 1. The number of hydrogen-bond donors (Lipinski definition) is 0. The molecule has 1 fully saturated rings. The summed E-state index contributed by atoms with van der Waals surface area (Å²) in [6.07, 6.45) is 3.45. The van der Waals surface area contributed by atoms with Crippen molar-refractivity contribution in [1.82, 2.24) is 33.6 Å². The molecule has 0 spiro atoms. The number of carbonyl (C=O) groups excluding carboxylic acids is 1. The Morgan fingerprint density at radius 3 is 2.59 bits per heavy atom. The smallest absolute Gasteiger partial charge is 0.274 e. The zero-order chi connectivity index (χ0) is 22.5. The van der Waals surface area contributed by atoms with Gasteiger partial charge < -0.3 is 4.90 Å². The molecule has 0 N–H and O–H groups in total. The zero-order valence-electron chi connectivity index (χ0n) is 17.5. The van der Waals surface area contributed by atoms with Crippen molar-refractivity contribution in [3.8, 4) is 11.3 Å². The second-order valence-corrected chi connectivity index (χ2v) is 10.6. The van der Waals surface area contributed by atoms with E-state index in [1.165, 1.54) is 15.6 Å². The molecule has 0 bridgehead atoms. The summed E-state index contributed by atoms with van der Waals surface area (Å²) in [5.74, 6) is -0.238. The number of nitrogens with zero attached hydrogens (tertiary/aromatic N) is 7. The fourth-order valence-corrected chi connectivity index (χ4v) is 6.35. The Kier molecular flexibility index (Phi) is 5.07. The van der Waals surface area contributed by atoms with Crippen LogP contribution in [0.4, 0.5) is 0 Å². The van der Waals surface area contributed by atoms with Crippen LogP contribution in [0.3, 0.4) is 0 Å². The van der Waals surface area contributed by atoms with Gasteiger partial charge in [0.05, 0.1) is 11.9 Å². The molecule has 1 amide bonds. The van der Waals surface area contributed by atoms with Crippen LogP contribution < -0.4 is 0 Å². The highest BCUT2D eigenvalue weighted by molar-refractivity contribution is 7.91. The maximum absolute atomic E-state index is 13.1. The predicted molar refractivity (Wildman–Crippen MR) is 119 cm³/mol. The average Bonchev–Trinajstić information content (AvgIpc) is 3.54. The van der Waals surface area contributed by atoms with E-state index in [4.69, 9.17) is 0 Å². The molecule has 0 radical (unpaired) electrons. The first-order valence-electron chi connectivity index (χ1n) is 10.0. The van der Waals surface area contributed by atoms with E-state index in [1.54, 1.807) is 50.1 Å². The molecule has 0 aliphatic carbocycles. The summed E-state index contributed by atoms with van der Waals surface area (Å²) >= 11 is 1.20. The number of aromatic nitrogens is 5. The molecular formula is C20H21N7O3S2. The number of rotatable bonds is 4. The summed E-state index contributed by atoms with van der Waals surface area (Å²) in [5, 5.41) is 10.5. The Morgan fingerprint density at radius 1 is 1.16 bits per heavy atom. The van der Waals surface area contributed by atoms with Gasteiger partial charge in [0.2, 0.25) is 0 Å². The second kappa shape index (κ2) is 7.80. The number of sulfonamides is 1. The molecule has 4 aromatic rings. The lowest BCUT2D eigenvalue weighted by Crippen LogP contribution is -2.50. The Hall–Kier alpha value is -3.09. The fraction of sp³-hybridized carbons (Fsp3) is 0.300. The lowest BCUT2D eigenvalue weighted by molar-refractivity contribution is 0.0691. The van der Waals surface area contributed by atoms with E-state index in [-0.39, 0.29) is 24.7 Å². The van der Waals surface area contributed by atoms with Gasteiger partial charge in [-0.05, 0) is 24.4 Å². The number of fused-ring (bicyclic) bond motifs is 1. The minimum Gasteiger partial charge on any atom is -0.335 e. The van der Waals surface area contributed by atoms with Gasteiger partial charge in [-0.3, -0.25) is 9.48 Å². The molecule has 4 aromatic heterocycles. The molecular weight excluding hydrogens is 450 g/mol. The topological polar surface area (TPSA) is 106 Å². The second-order valence-electron chi connectivity index (χ2n) is 7.53. The summed E-state index contributed by atoms with van der Waals surface area (Å²) < 4.78 is 30.6. The summed E-state index contributed by atoms with van der Waals surface area (Å²) in [5.41, 5.74) is 3.53. The number of amides is 1. The van der Waals surface area contributed by atoms with E-state index in [0.717, 1.165) is 17.0 Å². The third-order valence-corrected chi connectivity index (χ3v) is 8.98. The molecule has 0 aromatic carbocycles. The quantitative estimate of drug-likeness (QED) is 0.448. The molecule has 1 aliphatic rings. The first-order chi connectivity index (χ1) is 15.4. The third kappa shape index (κ3) is 3.40. The standard InChI is InChI=1S/C20H21N7O3S2/c1-14-15(13-22-24(14)2)17-5-6-21-18-12-16(23-27(17)18)20(28)25-7-9-26(10-8-25)32(29,30)19-4-3-11-31-19/h3-6,11-13H,7-10H2,1-2H3. The molecule has 12 heteroatoms. The normalized spacial score (nSPS) is 15.5. The molecule has 1 saturated heterocycles. The van der Waals surface area contributed by atoms with Crippen molar-refractivity contribution in [2.24, 2.45) is 7.05 Å². The largest absolute Gasteiger partial charge is 0.335 e. The Balaban J connectivity index is 1.37. The van der Waals surface area contributed by atoms with Crippen LogP contribution in [0, 0.1) is 6.92 Å². The van der Waals surface area contributed by atoms with Gasteiger partial charge in [-0.1, -0.05) is 6.07 Å². The van der Waals surface area contributed by atoms with Crippen LogP contribution in [0.25, 0.3) is 16.9 Å². The van der Waals surface area contributed by atoms with Crippen molar-refractivity contribution in [2.45, 2.75) is 11.1 Å².